The molecule has 0 aliphatic heterocycles. The first kappa shape index (κ1) is 22.9. The first-order valence-corrected chi connectivity index (χ1v) is 11.3. The molecule has 2 aromatic carbocycles. The topological polar surface area (TPSA) is 106 Å². The summed E-state index contributed by atoms with van der Waals surface area (Å²) >= 11 is 5.86. The van der Waals surface area contributed by atoms with Crippen LogP contribution in [0.4, 0.5) is 0 Å². The van der Waals surface area contributed by atoms with E-state index in [1.54, 1.807) is 23.0 Å². The van der Waals surface area contributed by atoms with Gasteiger partial charge in [-0.2, -0.15) is 0 Å². The van der Waals surface area contributed by atoms with Gasteiger partial charge in [-0.3, -0.25) is 14.6 Å². The molecular weight excluding hydrogens is 468 g/mol. The summed E-state index contributed by atoms with van der Waals surface area (Å²) in [5.74, 6) is -0.513. The lowest BCUT2D eigenvalue weighted by Crippen LogP contribution is -2.24. The molecule has 35 heavy (non-hydrogen) atoms. The second-order valence-electron chi connectivity index (χ2n) is 7.95. The molecule has 10 heteroatoms. The number of rotatable bonds is 7. The molecule has 0 saturated heterocycles. The Morgan fingerprint density at radius 1 is 1.11 bits per heavy atom. The summed E-state index contributed by atoms with van der Waals surface area (Å²) in [5.41, 5.74) is 6.03. The third-order valence-electron chi connectivity index (χ3n) is 5.57. The Morgan fingerprint density at radius 3 is 2.80 bits per heavy atom. The first-order chi connectivity index (χ1) is 17.0. The number of hydroxylamine groups is 1. The van der Waals surface area contributed by atoms with Crippen LogP contribution in [-0.4, -0.2) is 53.8 Å². The van der Waals surface area contributed by atoms with Crippen LogP contribution < -0.4 is 0 Å². The lowest BCUT2D eigenvalue weighted by molar-refractivity contribution is -0.0696. The van der Waals surface area contributed by atoms with Crippen molar-refractivity contribution in [2.75, 3.05) is 13.2 Å². The first-order valence-electron chi connectivity index (χ1n) is 10.9. The van der Waals surface area contributed by atoms with Crippen LogP contribution in [0, 0.1) is 6.92 Å². The van der Waals surface area contributed by atoms with Crippen LogP contribution in [0.2, 0.25) is 0 Å². The minimum Gasteiger partial charge on any atom is -0.394 e. The number of aromatic nitrogens is 5. The number of fused-ring (bicyclic) bond motifs is 2. The molecule has 0 unspecified atom stereocenters. The number of aliphatic hydroxyl groups excluding tert-OH is 1. The fourth-order valence-corrected chi connectivity index (χ4v) is 4.01. The van der Waals surface area contributed by atoms with Gasteiger partial charge >= 0.3 is 0 Å². The molecule has 176 valence electrons. The standard InChI is InChI=1S/C25H21ClN6O3/c1-16-13-19(5-6-20(16)25(34)32(26)35-12-11-33)22-8-9-23-24(28-22)31(30-29-23)15-17-4-7-21-18(14-17)3-2-10-27-21/h2-10,13-14,33H,11-12,15H2,1H3. The highest BCUT2D eigenvalue weighted by atomic mass is 35.5. The number of hydrogen-bond acceptors (Lipinski definition) is 7. The second-order valence-corrected chi connectivity index (χ2v) is 8.26. The fourth-order valence-electron chi connectivity index (χ4n) is 3.85. The molecule has 3 heterocycles. The predicted molar refractivity (Wildman–Crippen MR) is 131 cm³/mol. The van der Waals surface area contributed by atoms with E-state index in [0.29, 0.717) is 33.4 Å². The maximum atomic E-state index is 12.5. The van der Waals surface area contributed by atoms with Crippen molar-refractivity contribution < 1.29 is 14.7 Å². The van der Waals surface area contributed by atoms with Crippen LogP contribution in [0.15, 0.2) is 66.9 Å². The Bertz CT molecular complexity index is 1540. The van der Waals surface area contributed by atoms with Crippen LogP contribution in [0.3, 0.4) is 0 Å². The molecule has 0 aliphatic carbocycles. The van der Waals surface area contributed by atoms with Crippen LogP contribution in [0.5, 0.6) is 0 Å². The summed E-state index contributed by atoms with van der Waals surface area (Å²) in [7, 11) is 0. The molecule has 0 aliphatic rings. The average molecular weight is 489 g/mol. The highest BCUT2D eigenvalue weighted by Crippen LogP contribution is 2.24. The van der Waals surface area contributed by atoms with Crippen molar-refractivity contribution in [1.82, 2.24) is 29.5 Å². The van der Waals surface area contributed by atoms with Crippen molar-refractivity contribution in [2.24, 2.45) is 0 Å². The number of hydrogen-bond donors (Lipinski definition) is 1. The lowest BCUT2D eigenvalue weighted by atomic mass is 10.0. The van der Waals surface area contributed by atoms with Crippen LogP contribution >= 0.6 is 11.8 Å². The molecule has 9 nitrogen and oxygen atoms in total. The van der Waals surface area contributed by atoms with Gasteiger partial charge in [0.05, 0.1) is 31.0 Å². The van der Waals surface area contributed by atoms with Crippen molar-refractivity contribution in [3.63, 3.8) is 0 Å². The number of aliphatic hydroxyl groups is 1. The largest absolute Gasteiger partial charge is 0.394 e. The van der Waals surface area contributed by atoms with E-state index in [2.05, 4.69) is 21.4 Å². The number of aryl methyl sites for hydroxylation is 1. The van der Waals surface area contributed by atoms with E-state index in [1.165, 1.54) is 0 Å². The molecule has 0 atom stereocenters. The number of pyridine rings is 2. The minimum atomic E-state index is -0.513. The Morgan fingerprint density at radius 2 is 1.97 bits per heavy atom. The van der Waals surface area contributed by atoms with E-state index in [1.807, 2.05) is 49.4 Å². The number of halogens is 1. The van der Waals surface area contributed by atoms with Crippen LogP contribution in [0.1, 0.15) is 21.5 Å². The molecule has 1 N–H and O–H groups in total. The van der Waals surface area contributed by atoms with Crippen LogP contribution in [0.25, 0.3) is 33.3 Å². The zero-order chi connectivity index (χ0) is 24.4. The molecule has 0 radical (unpaired) electrons. The monoisotopic (exact) mass is 488 g/mol. The van der Waals surface area contributed by atoms with E-state index in [4.69, 9.17) is 26.7 Å². The van der Waals surface area contributed by atoms with E-state index in [-0.39, 0.29) is 13.2 Å². The predicted octanol–water partition coefficient (Wildman–Crippen LogP) is 3.92. The SMILES string of the molecule is Cc1cc(-c2ccc3nnn(Cc4ccc5ncccc5c4)c3n2)ccc1C(=O)N(Cl)OCCO. The Balaban J connectivity index is 1.43. The third-order valence-corrected chi connectivity index (χ3v) is 5.82. The zero-order valence-corrected chi connectivity index (χ0v) is 19.6. The second kappa shape index (κ2) is 9.75. The van der Waals surface area contributed by atoms with Gasteiger partial charge in [0, 0.05) is 34.5 Å². The summed E-state index contributed by atoms with van der Waals surface area (Å²) in [6, 6.07) is 19.1. The minimum absolute atomic E-state index is 0.0753. The highest BCUT2D eigenvalue weighted by molar-refractivity contribution is 6.23. The molecule has 5 rings (SSSR count). The maximum Gasteiger partial charge on any atom is 0.293 e. The summed E-state index contributed by atoms with van der Waals surface area (Å²) in [6.45, 7) is 2.01. The number of nitrogens with zero attached hydrogens (tertiary/aromatic N) is 6. The Hall–Kier alpha value is -3.92. The molecule has 3 aromatic heterocycles. The summed E-state index contributed by atoms with van der Waals surface area (Å²) in [6.07, 6.45) is 1.78. The normalized spacial score (nSPS) is 11.3. The quantitative estimate of drug-likeness (QED) is 0.273. The van der Waals surface area contributed by atoms with Gasteiger partial charge in [0.25, 0.3) is 5.91 Å². The number of carbonyl (C=O) groups excluding carboxylic acids is 1. The zero-order valence-electron chi connectivity index (χ0n) is 18.8. The van der Waals surface area contributed by atoms with Crippen molar-refractivity contribution in [1.29, 1.82) is 0 Å². The summed E-state index contributed by atoms with van der Waals surface area (Å²) in [5, 5.41) is 18.5. The van der Waals surface area contributed by atoms with Gasteiger partial charge < -0.3 is 5.11 Å². The summed E-state index contributed by atoms with van der Waals surface area (Å²) < 4.78 is 2.38. The molecule has 1 amide bonds. The van der Waals surface area contributed by atoms with Gasteiger partial charge in [0.15, 0.2) is 5.65 Å². The van der Waals surface area contributed by atoms with Gasteiger partial charge in [-0.05, 0) is 60.5 Å². The van der Waals surface area contributed by atoms with Gasteiger partial charge in [-0.1, -0.05) is 23.4 Å². The highest BCUT2D eigenvalue weighted by Gasteiger charge is 2.18. The number of amides is 1. The number of carbonyl (C=O) groups is 1. The van der Waals surface area contributed by atoms with Crippen molar-refractivity contribution in [3.05, 3.63) is 83.6 Å². The van der Waals surface area contributed by atoms with Gasteiger partial charge in [0.1, 0.15) is 5.52 Å². The van der Waals surface area contributed by atoms with E-state index >= 15 is 0 Å². The van der Waals surface area contributed by atoms with Gasteiger partial charge in [0.2, 0.25) is 0 Å². The molecule has 0 saturated carbocycles. The van der Waals surface area contributed by atoms with Crippen LogP contribution in [-0.2, 0) is 11.4 Å². The third kappa shape index (κ3) is 4.69. The smallest absolute Gasteiger partial charge is 0.293 e. The van der Waals surface area contributed by atoms with Gasteiger partial charge in [-0.25, -0.2) is 9.67 Å². The molecule has 0 bridgehead atoms. The fraction of sp³-hybridized carbons (Fsp3) is 0.160. The Labute approximate surface area is 205 Å². The maximum absolute atomic E-state index is 12.5. The molecule has 5 aromatic rings. The molecular formula is C25H21ClN6O3. The van der Waals surface area contributed by atoms with E-state index in [9.17, 15) is 4.79 Å². The van der Waals surface area contributed by atoms with Crippen molar-refractivity contribution in [3.8, 4) is 11.3 Å². The van der Waals surface area contributed by atoms with E-state index < -0.39 is 5.91 Å². The van der Waals surface area contributed by atoms with Crippen molar-refractivity contribution >= 4 is 39.8 Å². The molecule has 0 fully saturated rings. The van der Waals surface area contributed by atoms with E-state index in [0.717, 1.165) is 27.7 Å². The lowest BCUT2D eigenvalue weighted by Gasteiger charge is -2.14. The Kier molecular flexibility index (Phi) is 6.37. The number of benzene rings is 2. The molecule has 0 spiro atoms. The van der Waals surface area contributed by atoms with Gasteiger partial charge in [-0.15, -0.1) is 9.68 Å². The summed E-state index contributed by atoms with van der Waals surface area (Å²) in [4.78, 5) is 26.6. The van der Waals surface area contributed by atoms with Crippen molar-refractivity contribution in [2.45, 2.75) is 13.5 Å². The average Bonchev–Trinajstić information content (AvgIpc) is 3.28.